The molecule has 0 bridgehead atoms. The van der Waals surface area contributed by atoms with Crippen molar-refractivity contribution in [3.05, 3.63) is 12.7 Å². The molecule has 0 radical (unpaired) electrons. The highest BCUT2D eigenvalue weighted by atomic mass is 16.6. The van der Waals surface area contributed by atoms with Gasteiger partial charge in [-0.2, -0.15) is 0 Å². The van der Waals surface area contributed by atoms with Crippen molar-refractivity contribution in [1.82, 2.24) is 0 Å². The largest absolute Gasteiger partial charge is 0.459 e. The van der Waals surface area contributed by atoms with E-state index in [0.717, 1.165) is 0 Å². The van der Waals surface area contributed by atoms with Crippen LogP contribution in [0, 0.1) is 0 Å². The summed E-state index contributed by atoms with van der Waals surface area (Å²) in [6.45, 7) is 6.39. The van der Waals surface area contributed by atoms with E-state index in [0.29, 0.717) is 6.42 Å². The summed E-state index contributed by atoms with van der Waals surface area (Å²) in [6.07, 6.45) is 0.999. The van der Waals surface area contributed by atoms with Crippen LogP contribution in [0.25, 0.3) is 0 Å². The summed E-state index contributed by atoms with van der Waals surface area (Å²) in [5.41, 5.74) is 0. The number of carbonyl (C=O) groups is 1. The summed E-state index contributed by atoms with van der Waals surface area (Å²) < 4.78 is 4.79. The fourth-order valence-corrected chi connectivity index (χ4v) is 0.721. The molecule has 0 unspecified atom stereocenters. The molecule has 0 amide bonds. The maximum Gasteiger partial charge on any atom is 0.303 e. The van der Waals surface area contributed by atoms with Crippen LogP contribution in [0.3, 0.4) is 0 Å². The standard InChI is InChI=1S/C8H14O3/c1-4-5-8(6(2)9)11-7(3)10/h4,6,8-9H,1,5H2,2-3H3/t6-,8+/m1/s1. The van der Waals surface area contributed by atoms with E-state index < -0.39 is 12.2 Å². The van der Waals surface area contributed by atoms with E-state index in [4.69, 9.17) is 9.84 Å². The van der Waals surface area contributed by atoms with Crippen LogP contribution in [0.2, 0.25) is 0 Å². The molecule has 0 aromatic heterocycles. The van der Waals surface area contributed by atoms with Gasteiger partial charge in [0.15, 0.2) is 0 Å². The molecular formula is C8H14O3. The Morgan fingerprint density at radius 3 is 2.64 bits per heavy atom. The number of aliphatic hydroxyl groups is 1. The van der Waals surface area contributed by atoms with Crippen LogP contribution < -0.4 is 0 Å². The van der Waals surface area contributed by atoms with E-state index in [9.17, 15) is 4.79 Å². The van der Waals surface area contributed by atoms with E-state index in [1.807, 2.05) is 0 Å². The minimum Gasteiger partial charge on any atom is -0.459 e. The lowest BCUT2D eigenvalue weighted by atomic mass is 10.1. The minimum atomic E-state index is -0.642. The summed E-state index contributed by atoms with van der Waals surface area (Å²) in [4.78, 5) is 10.5. The highest BCUT2D eigenvalue weighted by molar-refractivity contribution is 5.66. The number of rotatable bonds is 4. The highest BCUT2D eigenvalue weighted by Crippen LogP contribution is 2.04. The van der Waals surface area contributed by atoms with Gasteiger partial charge < -0.3 is 9.84 Å². The third-order valence-corrected chi connectivity index (χ3v) is 1.25. The summed E-state index contributed by atoms with van der Waals surface area (Å²) in [5, 5.41) is 9.07. The molecule has 0 aliphatic heterocycles. The van der Waals surface area contributed by atoms with Crippen molar-refractivity contribution in [3.63, 3.8) is 0 Å². The molecule has 0 spiro atoms. The number of hydrogen-bond acceptors (Lipinski definition) is 3. The Kier molecular flexibility index (Phi) is 4.54. The third-order valence-electron chi connectivity index (χ3n) is 1.25. The first-order valence-corrected chi connectivity index (χ1v) is 3.54. The third kappa shape index (κ3) is 4.56. The molecular weight excluding hydrogens is 144 g/mol. The second-order valence-corrected chi connectivity index (χ2v) is 2.41. The number of aliphatic hydroxyl groups excluding tert-OH is 1. The molecule has 0 rings (SSSR count). The molecule has 0 aliphatic rings. The predicted octanol–water partition coefficient (Wildman–Crippen LogP) is 0.875. The Morgan fingerprint density at radius 1 is 1.82 bits per heavy atom. The van der Waals surface area contributed by atoms with Crippen LogP contribution in [0.15, 0.2) is 12.7 Å². The van der Waals surface area contributed by atoms with Crippen LogP contribution >= 0.6 is 0 Å². The lowest BCUT2D eigenvalue weighted by molar-refractivity contribution is -0.151. The van der Waals surface area contributed by atoms with Gasteiger partial charge in [0.05, 0.1) is 6.10 Å². The molecule has 0 fully saturated rings. The molecule has 2 atom stereocenters. The average Bonchev–Trinajstić information content (AvgIpc) is 1.86. The van der Waals surface area contributed by atoms with Crippen molar-refractivity contribution < 1.29 is 14.6 Å². The first kappa shape index (κ1) is 10.2. The fourth-order valence-electron chi connectivity index (χ4n) is 0.721. The molecule has 0 aromatic carbocycles. The molecule has 11 heavy (non-hydrogen) atoms. The quantitative estimate of drug-likeness (QED) is 0.488. The molecule has 0 heterocycles. The number of ether oxygens (including phenoxy) is 1. The normalized spacial score (nSPS) is 15.2. The number of hydrogen-bond donors (Lipinski definition) is 1. The van der Waals surface area contributed by atoms with Gasteiger partial charge >= 0.3 is 5.97 Å². The molecule has 0 aromatic rings. The zero-order valence-electron chi connectivity index (χ0n) is 6.91. The van der Waals surface area contributed by atoms with Gasteiger partial charge in [-0.3, -0.25) is 4.79 Å². The number of esters is 1. The molecule has 1 N–H and O–H groups in total. The van der Waals surface area contributed by atoms with Crippen LogP contribution in [0.1, 0.15) is 20.3 Å². The first-order chi connectivity index (χ1) is 5.07. The molecule has 64 valence electrons. The van der Waals surface area contributed by atoms with Gasteiger partial charge in [-0.15, -0.1) is 6.58 Å². The molecule has 0 aliphatic carbocycles. The molecule has 0 saturated carbocycles. The van der Waals surface area contributed by atoms with Gasteiger partial charge in [0.1, 0.15) is 6.10 Å². The van der Waals surface area contributed by atoms with Gasteiger partial charge in [-0.1, -0.05) is 6.08 Å². The van der Waals surface area contributed by atoms with Crippen molar-refractivity contribution in [2.75, 3.05) is 0 Å². The Hall–Kier alpha value is -0.830. The average molecular weight is 158 g/mol. The van der Waals surface area contributed by atoms with E-state index in [1.165, 1.54) is 6.92 Å². The number of carbonyl (C=O) groups excluding carboxylic acids is 1. The Bertz CT molecular complexity index is 140. The fraction of sp³-hybridized carbons (Fsp3) is 0.625. The molecule has 3 heteroatoms. The zero-order chi connectivity index (χ0) is 8.85. The van der Waals surface area contributed by atoms with Crippen molar-refractivity contribution in [2.45, 2.75) is 32.5 Å². The monoisotopic (exact) mass is 158 g/mol. The van der Waals surface area contributed by atoms with Gasteiger partial charge in [0, 0.05) is 13.3 Å². The zero-order valence-corrected chi connectivity index (χ0v) is 6.91. The lowest BCUT2D eigenvalue weighted by Crippen LogP contribution is -2.27. The summed E-state index contributed by atoms with van der Waals surface area (Å²) in [6, 6.07) is 0. The lowest BCUT2D eigenvalue weighted by Gasteiger charge is -2.17. The molecule has 0 saturated heterocycles. The van der Waals surface area contributed by atoms with E-state index in [-0.39, 0.29) is 5.97 Å². The van der Waals surface area contributed by atoms with E-state index in [1.54, 1.807) is 13.0 Å². The smallest absolute Gasteiger partial charge is 0.303 e. The van der Waals surface area contributed by atoms with Crippen molar-refractivity contribution in [3.8, 4) is 0 Å². The summed E-state index contributed by atoms with van der Waals surface area (Å²) in [7, 11) is 0. The summed E-state index contributed by atoms with van der Waals surface area (Å²) >= 11 is 0. The van der Waals surface area contributed by atoms with Crippen molar-refractivity contribution in [2.24, 2.45) is 0 Å². The molecule has 3 nitrogen and oxygen atoms in total. The van der Waals surface area contributed by atoms with Gasteiger partial charge in [-0.25, -0.2) is 0 Å². The second kappa shape index (κ2) is 4.91. The Balaban J connectivity index is 3.88. The van der Waals surface area contributed by atoms with Crippen LogP contribution in [0.4, 0.5) is 0 Å². The van der Waals surface area contributed by atoms with Crippen LogP contribution in [0.5, 0.6) is 0 Å². The minimum absolute atomic E-state index is 0.377. The Labute approximate surface area is 66.7 Å². The van der Waals surface area contributed by atoms with E-state index in [2.05, 4.69) is 6.58 Å². The van der Waals surface area contributed by atoms with Crippen LogP contribution in [-0.4, -0.2) is 23.3 Å². The SMILES string of the molecule is C=CC[C@H](OC(C)=O)[C@@H](C)O. The van der Waals surface area contributed by atoms with Crippen molar-refractivity contribution >= 4 is 5.97 Å². The van der Waals surface area contributed by atoms with Gasteiger partial charge in [0.25, 0.3) is 0 Å². The maximum atomic E-state index is 10.5. The van der Waals surface area contributed by atoms with Gasteiger partial charge in [0.2, 0.25) is 0 Å². The van der Waals surface area contributed by atoms with Crippen molar-refractivity contribution in [1.29, 1.82) is 0 Å². The predicted molar refractivity (Wildman–Crippen MR) is 42.0 cm³/mol. The Morgan fingerprint density at radius 2 is 2.36 bits per heavy atom. The van der Waals surface area contributed by atoms with Crippen LogP contribution in [-0.2, 0) is 9.53 Å². The second-order valence-electron chi connectivity index (χ2n) is 2.41. The highest BCUT2D eigenvalue weighted by Gasteiger charge is 2.15. The first-order valence-electron chi connectivity index (χ1n) is 3.54. The topological polar surface area (TPSA) is 46.5 Å². The van der Waals surface area contributed by atoms with E-state index >= 15 is 0 Å². The summed E-state index contributed by atoms with van der Waals surface area (Å²) in [5.74, 6) is -0.377. The maximum absolute atomic E-state index is 10.5. The van der Waals surface area contributed by atoms with Gasteiger partial charge in [-0.05, 0) is 6.92 Å².